The summed E-state index contributed by atoms with van der Waals surface area (Å²) in [5, 5.41) is 0. The second-order valence-corrected chi connectivity index (χ2v) is 5.72. The van der Waals surface area contributed by atoms with Crippen molar-refractivity contribution in [3.63, 3.8) is 0 Å². The van der Waals surface area contributed by atoms with Gasteiger partial charge in [0.25, 0.3) is 0 Å². The van der Waals surface area contributed by atoms with Crippen LogP contribution in [0.4, 0.5) is 0 Å². The molecule has 2 unspecified atom stereocenters. The first-order valence-electron chi connectivity index (χ1n) is 6.47. The zero-order chi connectivity index (χ0) is 11.1. The van der Waals surface area contributed by atoms with Gasteiger partial charge in [0, 0.05) is 0 Å². The van der Waals surface area contributed by atoms with Gasteiger partial charge in [0.2, 0.25) is 0 Å². The predicted molar refractivity (Wildman–Crippen MR) is 66.5 cm³/mol. The zero-order valence-electron chi connectivity index (χ0n) is 11.1. The molecule has 86 valence electrons. The van der Waals surface area contributed by atoms with Crippen LogP contribution in [0.3, 0.4) is 0 Å². The Labute approximate surface area is 91.5 Å². The van der Waals surface area contributed by atoms with Crippen molar-refractivity contribution >= 4 is 0 Å². The van der Waals surface area contributed by atoms with Gasteiger partial charge in [-0.15, -0.1) is 0 Å². The summed E-state index contributed by atoms with van der Waals surface area (Å²) in [7, 11) is 0. The quantitative estimate of drug-likeness (QED) is 0.532. The van der Waals surface area contributed by atoms with Crippen LogP contribution in [0.2, 0.25) is 0 Å². The van der Waals surface area contributed by atoms with Crippen molar-refractivity contribution < 1.29 is 0 Å². The van der Waals surface area contributed by atoms with E-state index in [1.807, 2.05) is 0 Å². The summed E-state index contributed by atoms with van der Waals surface area (Å²) in [5.74, 6) is 3.60. The lowest BCUT2D eigenvalue weighted by molar-refractivity contribution is 0.301. The molecule has 0 aromatic carbocycles. The van der Waals surface area contributed by atoms with E-state index in [1.165, 1.54) is 25.7 Å². The SMILES string of the molecule is CCC(CCC(C)CC(C)C)C(C)C. The lowest BCUT2D eigenvalue weighted by atomic mass is 9.85. The molecule has 0 heterocycles. The molecule has 14 heavy (non-hydrogen) atoms. The first kappa shape index (κ1) is 14.0. The Bertz CT molecular complexity index is 124. The first-order valence-corrected chi connectivity index (χ1v) is 6.47. The minimum atomic E-state index is 0.865. The molecule has 0 amide bonds. The van der Waals surface area contributed by atoms with Gasteiger partial charge in [-0.2, -0.15) is 0 Å². The Morgan fingerprint density at radius 2 is 1.43 bits per heavy atom. The highest BCUT2D eigenvalue weighted by atomic mass is 14.2. The summed E-state index contributed by atoms with van der Waals surface area (Å²) >= 11 is 0. The summed E-state index contributed by atoms with van der Waals surface area (Å²) in [6, 6.07) is 0. The van der Waals surface area contributed by atoms with Gasteiger partial charge >= 0.3 is 0 Å². The maximum absolute atomic E-state index is 2.41. The highest BCUT2D eigenvalue weighted by Crippen LogP contribution is 2.25. The molecule has 0 saturated heterocycles. The average molecular weight is 198 g/mol. The van der Waals surface area contributed by atoms with E-state index in [1.54, 1.807) is 0 Å². The molecule has 0 aliphatic carbocycles. The van der Waals surface area contributed by atoms with E-state index in [4.69, 9.17) is 0 Å². The van der Waals surface area contributed by atoms with Gasteiger partial charge in [0.1, 0.15) is 0 Å². The summed E-state index contributed by atoms with van der Waals surface area (Å²) in [4.78, 5) is 0. The van der Waals surface area contributed by atoms with Crippen LogP contribution in [-0.4, -0.2) is 0 Å². The van der Waals surface area contributed by atoms with E-state index in [-0.39, 0.29) is 0 Å². The Hall–Kier alpha value is 0. The molecule has 0 fully saturated rings. The Morgan fingerprint density at radius 1 is 0.857 bits per heavy atom. The van der Waals surface area contributed by atoms with Gasteiger partial charge in [0.05, 0.1) is 0 Å². The van der Waals surface area contributed by atoms with Crippen LogP contribution in [0.15, 0.2) is 0 Å². The van der Waals surface area contributed by atoms with Gasteiger partial charge < -0.3 is 0 Å². The lowest BCUT2D eigenvalue weighted by Crippen LogP contribution is -2.10. The largest absolute Gasteiger partial charge is 0.0651 e. The highest BCUT2D eigenvalue weighted by Gasteiger charge is 2.13. The van der Waals surface area contributed by atoms with Crippen LogP contribution in [-0.2, 0) is 0 Å². The third-order valence-corrected chi connectivity index (χ3v) is 3.37. The van der Waals surface area contributed by atoms with E-state index in [0.717, 1.165) is 23.7 Å². The number of rotatable bonds is 7. The monoisotopic (exact) mass is 198 g/mol. The van der Waals surface area contributed by atoms with Crippen molar-refractivity contribution in [2.45, 2.75) is 67.2 Å². The Morgan fingerprint density at radius 3 is 1.79 bits per heavy atom. The number of hydrogen-bond donors (Lipinski definition) is 0. The van der Waals surface area contributed by atoms with Crippen LogP contribution in [0.25, 0.3) is 0 Å². The fraction of sp³-hybridized carbons (Fsp3) is 1.00. The molecule has 0 aliphatic rings. The summed E-state index contributed by atoms with van der Waals surface area (Å²) in [5.41, 5.74) is 0. The second kappa shape index (κ2) is 7.31. The topological polar surface area (TPSA) is 0 Å². The molecular weight excluding hydrogens is 168 g/mol. The highest BCUT2D eigenvalue weighted by molar-refractivity contribution is 4.64. The molecule has 0 aromatic rings. The maximum Gasteiger partial charge on any atom is -0.0394 e. The van der Waals surface area contributed by atoms with Crippen LogP contribution in [0.1, 0.15) is 67.2 Å². The third kappa shape index (κ3) is 6.45. The third-order valence-electron chi connectivity index (χ3n) is 3.37. The molecule has 0 radical (unpaired) electrons. The standard InChI is InChI=1S/C14H30/c1-7-14(12(4)5)9-8-13(6)10-11(2)3/h11-14H,7-10H2,1-6H3. The van der Waals surface area contributed by atoms with E-state index in [0.29, 0.717) is 0 Å². The van der Waals surface area contributed by atoms with Gasteiger partial charge in [-0.05, 0) is 36.5 Å². The van der Waals surface area contributed by atoms with Crippen molar-refractivity contribution in [3.8, 4) is 0 Å². The van der Waals surface area contributed by atoms with Crippen molar-refractivity contribution in [1.29, 1.82) is 0 Å². The molecular formula is C14H30. The van der Waals surface area contributed by atoms with Crippen LogP contribution < -0.4 is 0 Å². The van der Waals surface area contributed by atoms with Gasteiger partial charge in [-0.3, -0.25) is 0 Å². The van der Waals surface area contributed by atoms with E-state index in [9.17, 15) is 0 Å². The van der Waals surface area contributed by atoms with Crippen LogP contribution in [0, 0.1) is 23.7 Å². The fourth-order valence-corrected chi connectivity index (χ4v) is 2.43. The minimum Gasteiger partial charge on any atom is -0.0651 e. The van der Waals surface area contributed by atoms with Crippen LogP contribution >= 0.6 is 0 Å². The molecule has 2 atom stereocenters. The lowest BCUT2D eigenvalue weighted by Gasteiger charge is -2.21. The first-order chi connectivity index (χ1) is 6.47. The van der Waals surface area contributed by atoms with Gasteiger partial charge in [-0.1, -0.05) is 54.4 Å². The normalized spacial score (nSPS) is 16.3. The van der Waals surface area contributed by atoms with Crippen molar-refractivity contribution in [2.75, 3.05) is 0 Å². The van der Waals surface area contributed by atoms with E-state index < -0.39 is 0 Å². The second-order valence-electron chi connectivity index (χ2n) is 5.72. The molecule has 0 aromatic heterocycles. The molecule has 0 aliphatic heterocycles. The maximum atomic E-state index is 2.41. The molecule has 0 N–H and O–H groups in total. The molecule has 0 heteroatoms. The Balaban J connectivity index is 3.68. The summed E-state index contributed by atoms with van der Waals surface area (Å²) < 4.78 is 0. The minimum absolute atomic E-state index is 0.865. The van der Waals surface area contributed by atoms with Crippen molar-refractivity contribution in [3.05, 3.63) is 0 Å². The molecule has 0 spiro atoms. The average Bonchev–Trinajstić information content (AvgIpc) is 2.03. The van der Waals surface area contributed by atoms with E-state index >= 15 is 0 Å². The van der Waals surface area contributed by atoms with Crippen LogP contribution in [0.5, 0.6) is 0 Å². The van der Waals surface area contributed by atoms with Crippen molar-refractivity contribution in [1.82, 2.24) is 0 Å². The predicted octanol–water partition coefficient (Wildman–Crippen LogP) is 5.13. The molecule has 0 bridgehead atoms. The zero-order valence-corrected chi connectivity index (χ0v) is 11.1. The smallest absolute Gasteiger partial charge is 0.0394 e. The van der Waals surface area contributed by atoms with Gasteiger partial charge in [0.15, 0.2) is 0 Å². The van der Waals surface area contributed by atoms with Gasteiger partial charge in [-0.25, -0.2) is 0 Å². The fourth-order valence-electron chi connectivity index (χ4n) is 2.43. The molecule has 0 rings (SSSR count). The molecule has 0 nitrogen and oxygen atoms in total. The summed E-state index contributed by atoms with van der Waals surface area (Å²) in [6.07, 6.45) is 5.61. The van der Waals surface area contributed by atoms with Crippen molar-refractivity contribution in [2.24, 2.45) is 23.7 Å². The summed E-state index contributed by atoms with van der Waals surface area (Å²) in [6.45, 7) is 14.1. The Kier molecular flexibility index (Phi) is 7.31. The molecule has 0 saturated carbocycles. The number of hydrogen-bond acceptors (Lipinski definition) is 0. The van der Waals surface area contributed by atoms with E-state index in [2.05, 4.69) is 41.5 Å².